The molecule has 0 saturated heterocycles. The van der Waals surface area contributed by atoms with Crippen molar-refractivity contribution >= 4 is 23.5 Å². The van der Waals surface area contributed by atoms with Gasteiger partial charge in [-0.15, -0.1) is 0 Å². The van der Waals surface area contributed by atoms with Crippen LogP contribution in [0.4, 0.5) is 5.82 Å². The fraction of sp³-hybridized carbons (Fsp3) is 0.261. The van der Waals surface area contributed by atoms with E-state index in [1.165, 1.54) is 0 Å². The third-order valence-corrected chi connectivity index (χ3v) is 5.65. The molecule has 31 heavy (non-hydrogen) atoms. The molecule has 0 fully saturated rings. The molecule has 8 heteroatoms. The Morgan fingerprint density at radius 3 is 2.77 bits per heavy atom. The molecule has 3 aromatic rings. The second kappa shape index (κ2) is 7.58. The maximum atomic E-state index is 12.7. The molecule has 0 radical (unpaired) electrons. The van der Waals surface area contributed by atoms with Crippen LogP contribution in [0.5, 0.6) is 0 Å². The van der Waals surface area contributed by atoms with E-state index in [0.29, 0.717) is 23.6 Å². The Morgan fingerprint density at radius 1 is 1.26 bits per heavy atom. The summed E-state index contributed by atoms with van der Waals surface area (Å²) >= 11 is 0. The van der Waals surface area contributed by atoms with E-state index >= 15 is 0 Å². The van der Waals surface area contributed by atoms with Gasteiger partial charge in [-0.1, -0.05) is 6.07 Å². The average Bonchev–Trinajstić information content (AvgIpc) is 3.28. The normalized spacial score (nSPS) is 14.6. The molecule has 0 unspecified atom stereocenters. The molecule has 0 spiro atoms. The number of benzene rings is 1. The lowest BCUT2D eigenvalue weighted by atomic mass is 9.92. The van der Waals surface area contributed by atoms with E-state index in [9.17, 15) is 10.1 Å². The number of carbonyl (C=O) groups is 1. The van der Waals surface area contributed by atoms with E-state index in [2.05, 4.69) is 22.2 Å². The SMILES string of the molecule is CCN(/N=C/c1ccc2c(c1)C(C)(C)N(CC#N)C2=O)c1nccn2c(C#N)ccc12. The highest BCUT2D eigenvalue weighted by atomic mass is 16.2. The van der Waals surface area contributed by atoms with Crippen molar-refractivity contribution in [3.63, 3.8) is 0 Å². The maximum Gasteiger partial charge on any atom is 0.255 e. The van der Waals surface area contributed by atoms with E-state index in [1.54, 1.807) is 45.1 Å². The van der Waals surface area contributed by atoms with Gasteiger partial charge in [0.15, 0.2) is 5.82 Å². The number of hydrazone groups is 1. The average molecular weight is 411 g/mol. The zero-order chi connectivity index (χ0) is 22.2. The van der Waals surface area contributed by atoms with Gasteiger partial charge in [0, 0.05) is 24.5 Å². The Kier molecular flexibility index (Phi) is 4.92. The minimum atomic E-state index is -0.566. The molecule has 4 rings (SSSR count). The lowest BCUT2D eigenvalue weighted by molar-refractivity contribution is 0.0656. The van der Waals surface area contributed by atoms with Crippen LogP contribution >= 0.6 is 0 Å². The highest BCUT2D eigenvalue weighted by Crippen LogP contribution is 2.38. The maximum absolute atomic E-state index is 12.7. The summed E-state index contributed by atoms with van der Waals surface area (Å²) in [5.74, 6) is 0.525. The molecule has 8 nitrogen and oxygen atoms in total. The van der Waals surface area contributed by atoms with Gasteiger partial charge in [-0.25, -0.2) is 9.99 Å². The molecule has 1 aromatic carbocycles. The second-order valence-corrected chi connectivity index (χ2v) is 7.71. The summed E-state index contributed by atoms with van der Waals surface area (Å²) in [7, 11) is 0. The standard InChI is InChI=1S/C23H21N7O/c1-4-30(21-20-8-6-17(14-25)28(20)12-10-26-21)27-15-16-5-7-18-19(13-16)23(2,3)29(11-9-24)22(18)31/h5-8,10,12-13,15H,4,11H2,1-3H3/b27-15+. The molecule has 0 N–H and O–H groups in total. The van der Waals surface area contributed by atoms with Crippen LogP contribution in [-0.4, -0.2) is 39.5 Å². The van der Waals surface area contributed by atoms with Gasteiger partial charge < -0.3 is 9.30 Å². The number of hydrogen-bond donors (Lipinski definition) is 0. The van der Waals surface area contributed by atoms with Crippen LogP contribution in [0.3, 0.4) is 0 Å². The summed E-state index contributed by atoms with van der Waals surface area (Å²) in [5, 5.41) is 24.7. The Bertz CT molecular complexity index is 1290. The monoisotopic (exact) mass is 411 g/mol. The molecule has 1 amide bonds. The largest absolute Gasteiger partial charge is 0.316 e. The van der Waals surface area contributed by atoms with E-state index in [4.69, 9.17) is 5.26 Å². The van der Waals surface area contributed by atoms with Crippen molar-refractivity contribution in [3.8, 4) is 12.1 Å². The molecule has 2 aromatic heterocycles. The summed E-state index contributed by atoms with van der Waals surface area (Å²) < 4.78 is 1.79. The number of carbonyl (C=O) groups excluding carboxylic acids is 1. The summed E-state index contributed by atoms with van der Waals surface area (Å²) in [6.45, 7) is 6.49. The highest BCUT2D eigenvalue weighted by Gasteiger charge is 2.42. The summed E-state index contributed by atoms with van der Waals surface area (Å²) in [6.07, 6.45) is 5.13. The molecule has 1 aliphatic heterocycles. The van der Waals surface area contributed by atoms with E-state index < -0.39 is 5.54 Å². The zero-order valence-electron chi connectivity index (χ0n) is 17.6. The number of nitrogens with zero attached hydrogens (tertiary/aromatic N) is 7. The molecular weight excluding hydrogens is 390 g/mol. The van der Waals surface area contributed by atoms with Gasteiger partial charge in [0.1, 0.15) is 18.3 Å². The predicted molar refractivity (Wildman–Crippen MR) is 117 cm³/mol. The van der Waals surface area contributed by atoms with Gasteiger partial charge >= 0.3 is 0 Å². The summed E-state index contributed by atoms with van der Waals surface area (Å²) in [6, 6.07) is 13.4. The first kappa shape index (κ1) is 20.1. The number of anilines is 1. The van der Waals surface area contributed by atoms with Crippen LogP contribution in [0.1, 0.15) is 48.0 Å². The number of aromatic nitrogens is 2. The number of amides is 1. The van der Waals surface area contributed by atoms with Crippen molar-refractivity contribution in [1.82, 2.24) is 14.3 Å². The highest BCUT2D eigenvalue weighted by molar-refractivity contribution is 6.01. The third kappa shape index (κ3) is 3.19. The Morgan fingerprint density at radius 2 is 2.06 bits per heavy atom. The second-order valence-electron chi connectivity index (χ2n) is 7.71. The molecular formula is C23H21N7O. The lowest BCUT2D eigenvalue weighted by Gasteiger charge is -2.30. The Balaban J connectivity index is 1.68. The van der Waals surface area contributed by atoms with Crippen molar-refractivity contribution in [2.24, 2.45) is 5.10 Å². The van der Waals surface area contributed by atoms with Gasteiger partial charge in [-0.2, -0.15) is 15.6 Å². The quantitative estimate of drug-likeness (QED) is 0.364. The van der Waals surface area contributed by atoms with Crippen molar-refractivity contribution in [1.29, 1.82) is 10.5 Å². The molecule has 3 heterocycles. The van der Waals surface area contributed by atoms with Gasteiger partial charge in [-0.3, -0.25) is 4.79 Å². The van der Waals surface area contributed by atoms with E-state index in [-0.39, 0.29) is 12.5 Å². The minimum Gasteiger partial charge on any atom is -0.316 e. The topological polar surface area (TPSA) is 101 Å². The zero-order valence-corrected chi connectivity index (χ0v) is 17.6. The fourth-order valence-electron chi connectivity index (χ4n) is 3.96. The Labute approximate surface area is 180 Å². The minimum absolute atomic E-state index is 0.0468. The van der Waals surface area contributed by atoms with Crippen LogP contribution < -0.4 is 5.01 Å². The fourth-order valence-corrected chi connectivity index (χ4v) is 3.96. The first-order valence-electron chi connectivity index (χ1n) is 9.93. The summed E-state index contributed by atoms with van der Waals surface area (Å²) in [5.41, 5.74) is 3.11. The first-order chi connectivity index (χ1) is 14.9. The van der Waals surface area contributed by atoms with E-state index in [0.717, 1.165) is 16.6 Å². The third-order valence-electron chi connectivity index (χ3n) is 5.65. The van der Waals surface area contributed by atoms with Gasteiger partial charge in [0.25, 0.3) is 5.91 Å². The summed E-state index contributed by atoms with van der Waals surface area (Å²) in [4.78, 5) is 18.7. The molecule has 0 saturated carbocycles. The van der Waals surface area contributed by atoms with Crippen molar-refractivity contribution in [2.75, 3.05) is 18.1 Å². The van der Waals surface area contributed by atoms with Crippen molar-refractivity contribution in [3.05, 3.63) is 65.1 Å². The Hall–Kier alpha value is -4.17. The lowest BCUT2D eigenvalue weighted by Crippen LogP contribution is -2.39. The van der Waals surface area contributed by atoms with Gasteiger partial charge in [0.2, 0.25) is 0 Å². The number of hydrogen-bond acceptors (Lipinski definition) is 6. The first-order valence-corrected chi connectivity index (χ1v) is 9.93. The van der Waals surface area contributed by atoms with Crippen LogP contribution in [0, 0.1) is 22.7 Å². The molecule has 0 aliphatic carbocycles. The van der Waals surface area contributed by atoms with Crippen LogP contribution in [0.2, 0.25) is 0 Å². The van der Waals surface area contributed by atoms with Crippen LogP contribution in [-0.2, 0) is 5.54 Å². The van der Waals surface area contributed by atoms with Crippen molar-refractivity contribution < 1.29 is 4.79 Å². The van der Waals surface area contributed by atoms with E-state index in [1.807, 2.05) is 39.0 Å². The molecule has 0 atom stereocenters. The van der Waals surface area contributed by atoms with Crippen LogP contribution in [0.25, 0.3) is 5.52 Å². The smallest absolute Gasteiger partial charge is 0.255 e. The number of fused-ring (bicyclic) bond motifs is 2. The van der Waals surface area contributed by atoms with Crippen molar-refractivity contribution in [2.45, 2.75) is 26.3 Å². The number of rotatable bonds is 5. The molecule has 0 bridgehead atoms. The van der Waals surface area contributed by atoms with Gasteiger partial charge in [0.05, 0.1) is 23.3 Å². The molecule has 1 aliphatic rings. The molecule has 154 valence electrons. The van der Waals surface area contributed by atoms with Gasteiger partial charge in [-0.05, 0) is 56.2 Å². The predicted octanol–water partition coefficient (Wildman–Crippen LogP) is 3.28. The number of nitriles is 2. The van der Waals surface area contributed by atoms with Crippen LogP contribution in [0.15, 0.2) is 47.8 Å².